The molecule has 1 aliphatic heterocycles. The number of anilines is 2. The lowest BCUT2D eigenvalue weighted by molar-refractivity contribution is -0.113. The van der Waals surface area contributed by atoms with Gasteiger partial charge in [0.15, 0.2) is 0 Å². The van der Waals surface area contributed by atoms with Gasteiger partial charge in [0.1, 0.15) is 11.8 Å². The molecule has 0 saturated carbocycles. The zero-order valence-electron chi connectivity index (χ0n) is 18.4. The van der Waals surface area contributed by atoms with Crippen LogP contribution in [0.2, 0.25) is 0 Å². The van der Waals surface area contributed by atoms with E-state index in [1.165, 1.54) is 0 Å². The molecule has 0 saturated heterocycles. The number of para-hydroxylation sites is 2. The Morgan fingerprint density at radius 2 is 2.12 bits per heavy atom. The number of rotatable bonds is 9. The first-order valence-electron chi connectivity index (χ1n) is 10.8. The van der Waals surface area contributed by atoms with Crippen LogP contribution in [0.1, 0.15) is 44.5 Å². The Balaban J connectivity index is 1.67. The largest absolute Gasteiger partial charge is 0.492 e. The maximum atomic E-state index is 13.5. The van der Waals surface area contributed by atoms with Crippen LogP contribution in [0, 0.1) is 0 Å². The quantitative estimate of drug-likeness (QED) is 0.315. The first-order valence-corrected chi connectivity index (χ1v) is 12.6. The van der Waals surface area contributed by atoms with Crippen molar-refractivity contribution in [2.24, 2.45) is 0 Å². The number of fused-ring (bicyclic) bond motifs is 1. The van der Waals surface area contributed by atoms with Crippen molar-refractivity contribution in [3.8, 4) is 5.75 Å². The van der Waals surface area contributed by atoms with Gasteiger partial charge in [-0.2, -0.15) is 4.98 Å². The van der Waals surface area contributed by atoms with E-state index >= 15 is 0 Å². The first-order chi connectivity index (χ1) is 15.6. The van der Waals surface area contributed by atoms with Crippen molar-refractivity contribution in [3.05, 3.63) is 57.9 Å². The second-order valence-electron chi connectivity index (χ2n) is 7.33. The molecule has 3 heterocycles. The topological polar surface area (TPSA) is 81.1 Å². The Hall–Kier alpha value is -2.78. The van der Waals surface area contributed by atoms with Crippen LogP contribution < -0.4 is 15.4 Å². The molecular formula is C23H27N5O2S2. The molecule has 0 aliphatic carbocycles. The molecule has 168 valence electrons. The molecule has 0 fully saturated rings. The third-order valence-electron chi connectivity index (χ3n) is 5.05. The van der Waals surface area contributed by atoms with Crippen LogP contribution in [-0.4, -0.2) is 33.0 Å². The van der Waals surface area contributed by atoms with Crippen molar-refractivity contribution in [2.45, 2.75) is 44.8 Å². The van der Waals surface area contributed by atoms with Crippen molar-refractivity contribution >= 4 is 40.6 Å². The summed E-state index contributed by atoms with van der Waals surface area (Å²) in [7, 11) is 0. The van der Waals surface area contributed by atoms with Crippen molar-refractivity contribution in [3.63, 3.8) is 0 Å². The highest BCUT2D eigenvalue weighted by Crippen LogP contribution is 2.39. The van der Waals surface area contributed by atoms with Gasteiger partial charge in [0, 0.05) is 16.3 Å². The predicted molar refractivity (Wildman–Crippen MR) is 131 cm³/mol. The number of aromatic nitrogens is 3. The first kappa shape index (κ1) is 22.4. The number of carbonyl (C=O) groups excluding carboxylic acids is 1. The number of unbranched alkanes of at least 4 members (excludes halogenated alkanes) is 1. The second-order valence-corrected chi connectivity index (χ2v) is 9.37. The molecule has 4 rings (SSSR count). The second kappa shape index (κ2) is 10.2. The van der Waals surface area contributed by atoms with Gasteiger partial charge in [-0.05, 0) is 43.8 Å². The van der Waals surface area contributed by atoms with E-state index in [4.69, 9.17) is 9.84 Å². The van der Waals surface area contributed by atoms with Crippen LogP contribution in [0.15, 0.2) is 58.2 Å². The number of nitrogens with one attached hydrogen (secondary N) is 2. The molecule has 0 bridgehead atoms. The maximum Gasteiger partial charge on any atom is 0.256 e. The summed E-state index contributed by atoms with van der Waals surface area (Å²) < 4.78 is 7.51. The van der Waals surface area contributed by atoms with Crippen molar-refractivity contribution in [1.82, 2.24) is 14.8 Å². The van der Waals surface area contributed by atoms with E-state index in [1.54, 1.807) is 23.1 Å². The average molecular weight is 470 g/mol. The lowest BCUT2D eigenvalue weighted by Crippen LogP contribution is -2.31. The fourth-order valence-corrected chi connectivity index (χ4v) is 5.28. The van der Waals surface area contributed by atoms with Gasteiger partial charge in [-0.3, -0.25) is 4.79 Å². The van der Waals surface area contributed by atoms with Crippen LogP contribution in [0.5, 0.6) is 5.75 Å². The summed E-state index contributed by atoms with van der Waals surface area (Å²) >= 11 is 3.25. The molecule has 2 aromatic heterocycles. The highest BCUT2D eigenvalue weighted by atomic mass is 32.2. The fraction of sp³-hybridized carbons (Fsp3) is 0.348. The number of nitrogens with zero attached hydrogens (tertiary/aromatic N) is 3. The van der Waals surface area contributed by atoms with E-state index in [0.717, 1.165) is 34.3 Å². The number of ether oxygens (including phenoxy) is 1. The van der Waals surface area contributed by atoms with E-state index in [9.17, 15) is 4.79 Å². The number of benzene rings is 1. The maximum absolute atomic E-state index is 13.5. The molecule has 1 aliphatic rings. The van der Waals surface area contributed by atoms with Gasteiger partial charge >= 0.3 is 0 Å². The Morgan fingerprint density at radius 1 is 1.28 bits per heavy atom. The number of thioether (sulfide) groups is 1. The third-order valence-corrected chi connectivity index (χ3v) is 6.90. The standard InChI is InChI=1S/C23H27N5O2S2/c1-4-6-13-32-23-26-22-24-15(3)19(20(28(22)27-23)18-12-9-14-31-18)21(29)25-16-10-7-8-11-17(16)30-5-2/h7-12,14,20H,4-6,13H2,1-3H3,(H,25,29)(H,24,26,27). The summed E-state index contributed by atoms with van der Waals surface area (Å²) in [6, 6.07) is 11.1. The van der Waals surface area contributed by atoms with Crippen LogP contribution >= 0.6 is 23.1 Å². The van der Waals surface area contributed by atoms with Crippen molar-refractivity contribution in [2.75, 3.05) is 23.0 Å². The lowest BCUT2D eigenvalue weighted by Gasteiger charge is -2.27. The van der Waals surface area contributed by atoms with E-state index in [2.05, 4.69) is 22.5 Å². The zero-order valence-corrected chi connectivity index (χ0v) is 20.1. The minimum atomic E-state index is -0.349. The Labute approximate surface area is 196 Å². The minimum absolute atomic E-state index is 0.193. The minimum Gasteiger partial charge on any atom is -0.492 e. The van der Waals surface area contributed by atoms with E-state index in [0.29, 0.717) is 29.6 Å². The summed E-state index contributed by atoms with van der Waals surface area (Å²) in [4.78, 5) is 19.2. The van der Waals surface area contributed by atoms with E-state index < -0.39 is 0 Å². The van der Waals surface area contributed by atoms with Crippen LogP contribution in [-0.2, 0) is 4.79 Å². The van der Waals surface area contributed by atoms with Gasteiger partial charge in [-0.15, -0.1) is 16.4 Å². The van der Waals surface area contributed by atoms with Crippen LogP contribution in [0.25, 0.3) is 0 Å². The summed E-state index contributed by atoms with van der Waals surface area (Å²) in [6.45, 7) is 6.52. The summed E-state index contributed by atoms with van der Waals surface area (Å²) in [5.41, 5.74) is 2.02. The molecular weight excluding hydrogens is 442 g/mol. The van der Waals surface area contributed by atoms with E-state index in [-0.39, 0.29) is 11.9 Å². The Bertz CT molecular complexity index is 1110. The summed E-state index contributed by atoms with van der Waals surface area (Å²) in [5, 5.41) is 13.8. The van der Waals surface area contributed by atoms with Gasteiger partial charge in [0.25, 0.3) is 5.91 Å². The SMILES string of the molecule is CCCCSc1nc2n(n1)C(c1cccs1)C(C(=O)Nc1ccccc1OCC)=C(C)N2. The molecule has 7 nitrogen and oxygen atoms in total. The lowest BCUT2D eigenvalue weighted by atomic mass is 10.0. The number of amides is 1. The molecule has 2 N–H and O–H groups in total. The highest BCUT2D eigenvalue weighted by molar-refractivity contribution is 7.99. The summed E-state index contributed by atoms with van der Waals surface area (Å²) in [6.07, 6.45) is 2.24. The highest BCUT2D eigenvalue weighted by Gasteiger charge is 2.35. The molecule has 0 radical (unpaired) electrons. The van der Waals surface area contributed by atoms with Crippen LogP contribution in [0.4, 0.5) is 11.6 Å². The molecule has 3 aromatic rings. The van der Waals surface area contributed by atoms with Gasteiger partial charge in [-0.1, -0.05) is 43.3 Å². The summed E-state index contributed by atoms with van der Waals surface area (Å²) in [5.74, 6) is 2.08. The number of thiophene rings is 1. The average Bonchev–Trinajstić information content (AvgIpc) is 3.44. The normalized spacial score (nSPS) is 15.3. The predicted octanol–water partition coefficient (Wildman–Crippen LogP) is 5.56. The van der Waals surface area contributed by atoms with Gasteiger partial charge in [-0.25, -0.2) is 4.68 Å². The fourth-order valence-electron chi connectivity index (χ4n) is 3.55. The van der Waals surface area contributed by atoms with Gasteiger partial charge in [0.05, 0.1) is 17.9 Å². The molecule has 1 aromatic carbocycles. The molecule has 9 heteroatoms. The van der Waals surface area contributed by atoms with Gasteiger partial charge < -0.3 is 15.4 Å². The van der Waals surface area contributed by atoms with Crippen molar-refractivity contribution < 1.29 is 9.53 Å². The van der Waals surface area contributed by atoms with Gasteiger partial charge in [0.2, 0.25) is 11.1 Å². The number of carbonyl (C=O) groups is 1. The molecule has 0 spiro atoms. The molecule has 1 unspecified atom stereocenters. The van der Waals surface area contributed by atoms with Crippen LogP contribution in [0.3, 0.4) is 0 Å². The molecule has 1 amide bonds. The van der Waals surface area contributed by atoms with E-state index in [1.807, 2.05) is 60.3 Å². The molecule has 32 heavy (non-hydrogen) atoms. The zero-order chi connectivity index (χ0) is 22.5. The smallest absolute Gasteiger partial charge is 0.256 e. The monoisotopic (exact) mass is 469 g/mol. The van der Waals surface area contributed by atoms with Crippen molar-refractivity contribution in [1.29, 1.82) is 0 Å². The third kappa shape index (κ3) is 4.68. The number of hydrogen-bond donors (Lipinski definition) is 2. The number of allylic oxidation sites excluding steroid dienone is 1. The Kier molecular flexibility index (Phi) is 7.16. The number of hydrogen-bond acceptors (Lipinski definition) is 7. The molecule has 1 atom stereocenters. The Morgan fingerprint density at radius 3 is 2.88 bits per heavy atom.